The predicted octanol–water partition coefficient (Wildman–Crippen LogP) is 3.03. The Labute approximate surface area is 139 Å². The van der Waals surface area contributed by atoms with E-state index in [4.69, 9.17) is 17.0 Å². The summed E-state index contributed by atoms with van der Waals surface area (Å²) in [4.78, 5) is 14.4. The average Bonchev–Trinajstić information content (AvgIpc) is 2.55. The summed E-state index contributed by atoms with van der Waals surface area (Å²) in [5.41, 5.74) is 0.803. The summed E-state index contributed by atoms with van der Waals surface area (Å²) in [5, 5.41) is 10.1. The third-order valence-corrected chi connectivity index (χ3v) is 3.52. The van der Waals surface area contributed by atoms with Gasteiger partial charge in [-0.15, -0.1) is 6.58 Å². The molecule has 2 aromatic rings. The van der Waals surface area contributed by atoms with E-state index in [1.807, 2.05) is 30.3 Å². The van der Waals surface area contributed by atoms with Crippen LogP contribution in [0.15, 0.2) is 54.0 Å². The van der Waals surface area contributed by atoms with Crippen molar-refractivity contribution >= 4 is 18.3 Å². The normalized spacial score (nSPS) is 10.8. The summed E-state index contributed by atoms with van der Waals surface area (Å²) in [6, 6.07) is 9.93. The zero-order chi connectivity index (χ0) is 16.7. The summed E-state index contributed by atoms with van der Waals surface area (Å²) in [6.07, 6.45) is 5.16. The largest absolute Gasteiger partial charge is 0.501 e. The molecule has 0 atom stereocenters. The van der Waals surface area contributed by atoms with Crippen molar-refractivity contribution < 1.29 is 9.84 Å². The van der Waals surface area contributed by atoms with E-state index in [0.717, 1.165) is 6.42 Å². The molecule has 1 heterocycles. The Hall–Kier alpha value is -2.60. The maximum absolute atomic E-state index is 11.9. The lowest BCUT2D eigenvalue weighted by molar-refractivity contribution is 0.256. The number of rotatable bonds is 7. The van der Waals surface area contributed by atoms with Crippen LogP contribution in [0.4, 0.5) is 0 Å². The van der Waals surface area contributed by atoms with E-state index in [2.05, 4.69) is 11.6 Å². The molecule has 2 rings (SSSR count). The summed E-state index contributed by atoms with van der Waals surface area (Å²) >= 11 is 5.00. The van der Waals surface area contributed by atoms with Crippen molar-refractivity contribution in [1.82, 2.24) is 9.55 Å². The van der Waals surface area contributed by atoms with Crippen LogP contribution in [0.2, 0.25) is 0 Å². The Kier molecular flexibility index (Phi) is 5.94. The number of aromatic amines is 1. The standard InChI is InChI=1S/C17H18N2O3S/c1-2-10-19-16(21)14(15(20)18-17(19)23)9-12-22-11-8-13-6-4-3-5-7-13/h2-7,9,12,21H,1,8,10-11H2,(H,18,20,23). The number of H-pyrrole nitrogens is 1. The molecule has 5 nitrogen and oxygen atoms in total. The van der Waals surface area contributed by atoms with Gasteiger partial charge in [-0.2, -0.15) is 0 Å². The molecule has 6 heteroatoms. The summed E-state index contributed by atoms with van der Waals surface area (Å²) in [7, 11) is 0. The number of nitrogens with zero attached hydrogens (tertiary/aromatic N) is 1. The molecule has 0 spiro atoms. The Bertz CT molecular complexity index is 807. The zero-order valence-electron chi connectivity index (χ0n) is 12.6. The third kappa shape index (κ3) is 4.43. The maximum Gasteiger partial charge on any atom is 0.262 e. The second-order valence-electron chi connectivity index (χ2n) is 4.80. The first-order chi connectivity index (χ1) is 11.1. The van der Waals surface area contributed by atoms with Crippen molar-refractivity contribution in [3.05, 3.63) is 75.5 Å². The minimum absolute atomic E-state index is 0.0974. The first-order valence-corrected chi connectivity index (χ1v) is 7.53. The van der Waals surface area contributed by atoms with E-state index in [1.54, 1.807) is 6.08 Å². The summed E-state index contributed by atoms with van der Waals surface area (Å²) < 4.78 is 6.91. The van der Waals surface area contributed by atoms with Gasteiger partial charge in [-0.05, 0) is 23.9 Å². The smallest absolute Gasteiger partial charge is 0.262 e. The predicted molar refractivity (Wildman–Crippen MR) is 92.9 cm³/mol. The van der Waals surface area contributed by atoms with Gasteiger partial charge in [0, 0.05) is 13.0 Å². The molecule has 0 aliphatic carbocycles. The van der Waals surface area contributed by atoms with Crippen molar-refractivity contribution in [2.24, 2.45) is 0 Å². The van der Waals surface area contributed by atoms with Gasteiger partial charge in [-0.1, -0.05) is 36.4 Å². The average molecular weight is 330 g/mol. The second-order valence-corrected chi connectivity index (χ2v) is 5.19. The van der Waals surface area contributed by atoms with Crippen LogP contribution in [0.3, 0.4) is 0 Å². The van der Waals surface area contributed by atoms with E-state index in [9.17, 15) is 9.90 Å². The monoisotopic (exact) mass is 330 g/mol. The van der Waals surface area contributed by atoms with E-state index in [0.29, 0.717) is 13.2 Å². The number of hydrogen-bond acceptors (Lipinski definition) is 4. The lowest BCUT2D eigenvalue weighted by Gasteiger charge is -2.08. The van der Waals surface area contributed by atoms with Crippen molar-refractivity contribution in [3.8, 4) is 5.88 Å². The fourth-order valence-corrected chi connectivity index (χ4v) is 2.28. The van der Waals surface area contributed by atoms with E-state index >= 15 is 0 Å². The number of aromatic hydroxyl groups is 1. The number of hydrogen-bond donors (Lipinski definition) is 2. The molecule has 0 bridgehead atoms. The van der Waals surface area contributed by atoms with E-state index < -0.39 is 5.56 Å². The van der Waals surface area contributed by atoms with Gasteiger partial charge in [0.05, 0.1) is 12.9 Å². The van der Waals surface area contributed by atoms with Crippen LogP contribution in [0.25, 0.3) is 6.08 Å². The molecule has 1 aromatic carbocycles. The highest BCUT2D eigenvalue weighted by molar-refractivity contribution is 7.71. The van der Waals surface area contributed by atoms with E-state index in [1.165, 1.54) is 22.5 Å². The lowest BCUT2D eigenvalue weighted by atomic mass is 10.2. The number of benzene rings is 1. The van der Waals surface area contributed by atoms with Crippen LogP contribution < -0.4 is 5.56 Å². The molecular weight excluding hydrogens is 312 g/mol. The Balaban J connectivity index is 2.04. The molecular formula is C17H18N2O3S. The SMILES string of the molecule is C=CCn1c(O)c(C=COCCc2ccccc2)c(=O)[nH]c1=S. The van der Waals surface area contributed by atoms with Crippen molar-refractivity contribution in [2.45, 2.75) is 13.0 Å². The highest BCUT2D eigenvalue weighted by atomic mass is 32.1. The number of aromatic nitrogens is 2. The van der Waals surface area contributed by atoms with Crippen LogP contribution in [0.1, 0.15) is 11.1 Å². The minimum atomic E-state index is -0.462. The van der Waals surface area contributed by atoms with Gasteiger partial charge in [-0.25, -0.2) is 0 Å². The lowest BCUT2D eigenvalue weighted by Crippen LogP contribution is -2.16. The Morgan fingerprint density at radius 3 is 2.78 bits per heavy atom. The van der Waals surface area contributed by atoms with Crippen LogP contribution in [-0.2, 0) is 17.7 Å². The quantitative estimate of drug-likeness (QED) is 0.354. The number of ether oxygens (including phenoxy) is 1. The first-order valence-electron chi connectivity index (χ1n) is 7.12. The molecule has 0 saturated carbocycles. The molecule has 0 amide bonds. The van der Waals surface area contributed by atoms with Crippen molar-refractivity contribution in [2.75, 3.05) is 6.61 Å². The highest BCUT2D eigenvalue weighted by Crippen LogP contribution is 2.14. The molecule has 0 aliphatic heterocycles. The van der Waals surface area contributed by atoms with Gasteiger partial charge < -0.3 is 9.84 Å². The number of allylic oxidation sites excluding steroid dienone is 1. The van der Waals surface area contributed by atoms with E-state index in [-0.39, 0.29) is 16.2 Å². The summed E-state index contributed by atoms with van der Waals surface area (Å²) in [5.74, 6) is -0.207. The second kappa shape index (κ2) is 8.14. The molecule has 2 N–H and O–H groups in total. The minimum Gasteiger partial charge on any atom is -0.501 e. The molecule has 1 aromatic heterocycles. The molecule has 23 heavy (non-hydrogen) atoms. The molecule has 120 valence electrons. The van der Waals surface area contributed by atoms with Crippen LogP contribution in [0, 0.1) is 4.77 Å². The molecule has 0 fully saturated rings. The van der Waals surface area contributed by atoms with Gasteiger partial charge in [0.25, 0.3) is 5.56 Å². The van der Waals surface area contributed by atoms with Crippen LogP contribution in [0.5, 0.6) is 5.88 Å². The highest BCUT2D eigenvalue weighted by Gasteiger charge is 2.09. The van der Waals surface area contributed by atoms with Gasteiger partial charge in [0.1, 0.15) is 5.56 Å². The Morgan fingerprint density at radius 2 is 2.09 bits per heavy atom. The van der Waals surface area contributed by atoms with Gasteiger partial charge in [-0.3, -0.25) is 14.3 Å². The molecule has 0 radical (unpaired) electrons. The van der Waals surface area contributed by atoms with Crippen molar-refractivity contribution in [3.63, 3.8) is 0 Å². The topological polar surface area (TPSA) is 67.2 Å². The fraction of sp³-hybridized carbons (Fsp3) is 0.176. The van der Waals surface area contributed by atoms with Gasteiger partial charge in [0.2, 0.25) is 5.88 Å². The summed E-state index contributed by atoms with van der Waals surface area (Å²) in [6.45, 7) is 4.37. The van der Waals surface area contributed by atoms with Gasteiger partial charge in [0.15, 0.2) is 4.77 Å². The molecule has 0 unspecified atom stereocenters. The van der Waals surface area contributed by atoms with Crippen LogP contribution in [-0.4, -0.2) is 21.3 Å². The fourth-order valence-electron chi connectivity index (χ4n) is 2.03. The number of nitrogens with one attached hydrogen (secondary N) is 1. The van der Waals surface area contributed by atoms with Crippen LogP contribution >= 0.6 is 12.2 Å². The zero-order valence-corrected chi connectivity index (χ0v) is 13.4. The maximum atomic E-state index is 11.9. The molecule has 0 saturated heterocycles. The molecule has 0 aliphatic rings. The van der Waals surface area contributed by atoms with Crippen molar-refractivity contribution in [1.29, 1.82) is 0 Å². The Morgan fingerprint density at radius 1 is 1.35 bits per heavy atom. The third-order valence-electron chi connectivity index (χ3n) is 3.20. The first kappa shape index (κ1) is 16.8. The van der Waals surface area contributed by atoms with Gasteiger partial charge >= 0.3 is 0 Å².